The van der Waals surface area contributed by atoms with Gasteiger partial charge >= 0.3 is 0 Å². The molecule has 0 aliphatic rings. The van der Waals surface area contributed by atoms with Crippen molar-refractivity contribution < 1.29 is 5.11 Å². The molecule has 0 spiro atoms. The van der Waals surface area contributed by atoms with Crippen molar-refractivity contribution in [2.45, 2.75) is 13.0 Å². The van der Waals surface area contributed by atoms with Gasteiger partial charge in [-0.3, -0.25) is 0 Å². The van der Waals surface area contributed by atoms with Gasteiger partial charge in [-0.25, -0.2) is 4.98 Å². The van der Waals surface area contributed by atoms with E-state index >= 15 is 0 Å². The van der Waals surface area contributed by atoms with Crippen molar-refractivity contribution in [3.8, 4) is 0 Å². The van der Waals surface area contributed by atoms with Crippen LogP contribution in [-0.2, 0) is 0 Å². The number of nitrogens with zero attached hydrogens (tertiary/aromatic N) is 2. The zero-order valence-electron chi connectivity index (χ0n) is 10.0. The molecule has 0 radical (unpaired) electrons. The van der Waals surface area contributed by atoms with E-state index in [4.69, 9.17) is 0 Å². The zero-order chi connectivity index (χ0) is 12.3. The third-order valence-corrected chi connectivity index (χ3v) is 2.74. The van der Waals surface area contributed by atoms with Crippen LogP contribution in [0.15, 0.2) is 48.7 Å². The third-order valence-electron chi connectivity index (χ3n) is 2.74. The number of aliphatic hydroxyl groups excluding tert-OH is 1. The lowest BCUT2D eigenvalue weighted by molar-refractivity contribution is 0.199. The minimum Gasteiger partial charge on any atom is -0.389 e. The molecule has 1 aromatic carbocycles. The summed E-state index contributed by atoms with van der Waals surface area (Å²) in [4.78, 5) is 6.30. The topological polar surface area (TPSA) is 36.4 Å². The molecule has 0 bridgehead atoms. The highest BCUT2D eigenvalue weighted by Crippen LogP contribution is 2.23. The predicted octanol–water partition coefficient (Wildman–Crippen LogP) is 2.90. The first-order valence-electron chi connectivity index (χ1n) is 5.61. The number of benzene rings is 1. The smallest absolute Gasteiger partial charge is 0.133 e. The second-order valence-corrected chi connectivity index (χ2v) is 4.02. The van der Waals surface area contributed by atoms with Crippen LogP contribution in [0.3, 0.4) is 0 Å². The van der Waals surface area contributed by atoms with E-state index in [0.29, 0.717) is 0 Å². The number of anilines is 2. The Kier molecular flexibility index (Phi) is 3.40. The molecule has 88 valence electrons. The van der Waals surface area contributed by atoms with Gasteiger partial charge in [0.05, 0.1) is 6.10 Å². The summed E-state index contributed by atoms with van der Waals surface area (Å²) in [7, 11) is 1.96. The maximum absolute atomic E-state index is 9.55. The van der Waals surface area contributed by atoms with Crippen molar-refractivity contribution >= 4 is 11.5 Å². The van der Waals surface area contributed by atoms with Gasteiger partial charge < -0.3 is 10.0 Å². The van der Waals surface area contributed by atoms with Gasteiger partial charge in [-0.15, -0.1) is 0 Å². The summed E-state index contributed by atoms with van der Waals surface area (Å²) in [6.07, 6.45) is 1.25. The van der Waals surface area contributed by atoms with Gasteiger partial charge in [-0.1, -0.05) is 18.2 Å². The number of aliphatic hydroxyl groups is 1. The lowest BCUT2D eigenvalue weighted by Crippen LogP contribution is -2.11. The van der Waals surface area contributed by atoms with Crippen LogP contribution in [0.4, 0.5) is 11.5 Å². The fourth-order valence-corrected chi connectivity index (χ4v) is 1.66. The Morgan fingerprint density at radius 3 is 2.53 bits per heavy atom. The summed E-state index contributed by atoms with van der Waals surface area (Å²) in [5.41, 5.74) is 1.94. The number of rotatable bonds is 3. The molecule has 0 saturated heterocycles. The minimum atomic E-state index is -0.471. The van der Waals surface area contributed by atoms with E-state index in [1.54, 1.807) is 13.1 Å². The van der Waals surface area contributed by atoms with Crippen molar-refractivity contribution in [1.29, 1.82) is 0 Å². The molecule has 0 amide bonds. The quantitative estimate of drug-likeness (QED) is 0.877. The summed E-state index contributed by atoms with van der Waals surface area (Å²) in [6, 6.07) is 13.7. The van der Waals surface area contributed by atoms with Gasteiger partial charge in [0.2, 0.25) is 0 Å². The standard InChI is InChI=1S/C14H16N2O/c1-11(17)12-8-9-15-14(10-12)16(2)13-6-4-3-5-7-13/h3-11,17H,1-2H3/t11-/m1/s1. The summed E-state index contributed by atoms with van der Waals surface area (Å²) in [6.45, 7) is 1.75. The van der Waals surface area contributed by atoms with Crippen molar-refractivity contribution in [1.82, 2.24) is 4.98 Å². The molecule has 0 aliphatic carbocycles. The Morgan fingerprint density at radius 2 is 1.88 bits per heavy atom. The SMILES string of the molecule is C[C@@H](O)c1ccnc(N(C)c2ccccc2)c1. The fraction of sp³-hybridized carbons (Fsp3) is 0.214. The van der Waals surface area contributed by atoms with Crippen LogP contribution in [0.5, 0.6) is 0 Å². The van der Waals surface area contributed by atoms with E-state index < -0.39 is 6.10 Å². The first kappa shape index (κ1) is 11.6. The van der Waals surface area contributed by atoms with Gasteiger partial charge in [0.1, 0.15) is 5.82 Å². The van der Waals surface area contributed by atoms with Crippen molar-refractivity contribution in [2.75, 3.05) is 11.9 Å². The largest absolute Gasteiger partial charge is 0.389 e. The second-order valence-electron chi connectivity index (χ2n) is 4.02. The molecule has 0 saturated carbocycles. The Balaban J connectivity index is 2.31. The van der Waals surface area contributed by atoms with Crippen LogP contribution in [0, 0.1) is 0 Å². The normalized spacial score (nSPS) is 12.2. The maximum atomic E-state index is 9.55. The van der Waals surface area contributed by atoms with Gasteiger partial charge in [-0.05, 0) is 36.8 Å². The molecule has 1 aromatic heterocycles. The van der Waals surface area contributed by atoms with Gasteiger partial charge in [0.15, 0.2) is 0 Å². The molecule has 0 aliphatic heterocycles. The molecule has 0 fully saturated rings. The molecular weight excluding hydrogens is 212 g/mol. The summed E-state index contributed by atoms with van der Waals surface area (Å²) < 4.78 is 0. The monoisotopic (exact) mass is 228 g/mol. The molecule has 1 atom stereocenters. The van der Waals surface area contributed by atoms with E-state index in [1.807, 2.05) is 54.4 Å². The molecule has 2 aromatic rings. The van der Waals surface area contributed by atoms with E-state index in [1.165, 1.54) is 0 Å². The Labute approximate surface area is 101 Å². The van der Waals surface area contributed by atoms with Gasteiger partial charge in [0.25, 0.3) is 0 Å². The molecular formula is C14H16N2O. The van der Waals surface area contributed by atoms with Crippen molar-refractivity contribution in [3.05, 3.63) is 54.2 Å². The Hall–Kier alpha value is -1.87. The van der Waals surface area contributed by atoms with Crippen LogP contribution in [0.2, 0.25) is 0 Å². The Bertz CT molecular complexity index is 483. The highest BCUT2D eigenvalue weighted by molar-refractivity contribution is 5.59. The zero-order valence-corrected chi connectivity index (χ0v) is 10.0. The van der Waals surface area contributed by atoms with Crippen LogP contribution >= 0.6 is 0 Å². The van der Waals surface area contributed by atoms with Gasteiger partial charge in [-0.2, -0.15) is 0 Å². The molecule has 17 heavy (non-hydrogen) atoms. The first-order valence-corrected chi connectivity index (χ1v) is 5.61. The maximum Gasteiger partial charge on any atom is 0.133 e. The number of hydrogen-bond acceptors (Lipinski definition) is 3. The minimum absolute atomic E-state index is 0.471. The van der Waals surface area contributed by atoms with Crippen molar-refractivity contribution in [3.63, 3.8) is 0 Å². The van der Waals surface area contributed by atoms with E-state index in [2.05, 4.69) is 4.98 Å². The summed E-state index contributed by atoms with van der Waals surface area (Å²) in [5.74, 6) is 0.828. The average molecular weight is 228 g/mol. The van der Waals surface area contributed by atoms with Crippen LogP contribution < -0.4 is 4.90 Å². The molecule has 1 N–H and O–H groups in total. The molecule has 1 heterocycles. The predicted molar refractivity (Wildman–Crippen MR) is 69.4 cm³/mol. The highest BCUT2D eigenvalue weighted by Gasteiger charge is 2.07. The lowest BCUT2D eigenvalue weighted by Gasteiger charge is -2.19. The van der Waals surface area contributed by atoms with Gasteiger partial charge in [0, 0.05) is 18.9 Å². The summed E-state index contributed by atoms with van der Waals surface area (Å²) in [5, 5.41) is 9.55. The fourth-order valence-electron chi connectivity index (χ4n) is 1.66. The lowest BCUT2D eigenvalue weighted by atomic mass is 10.1. The van der Waals surface area contributed by atoms with Crippen LogP contribution in [0.1, 0.15) is 18.6 Å². The van der Waals surface area contributed by atoms with E-state index in [0.717, 1.165) is 17.1 Å². The molecule has 0 unspecified atom stereocenters. The average Bonchev–Trinajstić information content (AvgIpc) is 2.39. The van der Waals surface area contributed by atoms with E-state index in [9.17, 15) is 5.11 Å². The third kappa shape index (κ3) is 2.63. The summed E-state index contributed by atoms with van der Waals surface area (Å²) >= 11 is 0. The Morgan fingerprint density at radius 1 is 1.18 bits per heavy atom. The highest BCUT2D eigenvalue weighted by atomic mass is 16.3. The van der Waals surface area contributed by atoms with Crippen LogP contribution in [-0.4, -0.2) is 17.1 Å². The molecule has 3 nitrogen and oxygen atoms in total. The molecule has 3 heteroatoms. The molecule has 2 rings (SSSR count). The first-order chi connectivity index (χ1) is 8.18. The van der Waals surface area contributed by atoms with E-state index in [-0.39, 0.29) is 0 Å². The number of para-hydroxylation sites is 1. The van der Waals surface area contributed by atoms with Crippen LogP contribution in [0.25, 0.3) is 0 Å². The number of pyridine rings is 1. The second kappa shape index (κ2) is 4.97. The number of hydrogen-bond donors (Lipinski definition) is 1. The number of aromatic nitrogens is 1. The van der Waals surface area contributed by atoms with Crippen molar-refractivity contribution in [2.24, 2.45) is 0 Å².